The Bertz CT molecular complexity index is 423. The van der Waals surface area contributed by atoms with Crippen LogP contribution in [-0.4, -0.2) is 16.3 Å². The standard InChI is InChI=1S/C15H22O2/c1-10(2)13(16)14(3,4)15(17)9-11-7-5-6-8-12(11)15/h5-8,10,13,16-17H,9H2,1-4H3/t13-,15-/m1/s1. The SMILES string of the molecule is CC(C)[C@@H](O)C(C)(C)[C@@]1(O)Cc2ccccc21. The molecule has 2 N–H and O–H groups in total. The number of fused-ring (bicyclic) bond motifs is 1. The van der Waals surface area contributed by atoms with Crippen molar-refractivity contribution in [3.05, 3.63) is 35.4 Å². The molecule has 2 heteroatoms. The normalized spacial score (nSPS) is 25.4. The van der Waals surface area contributed by atoms with Crippen LogP contribution in [-0.2, 0) is 12.0 Å². The Labute approximate surface area is 103 Å². The van der Waals surface area contributed by atoms with Crippen molar-refractivity contribution in [2.45, 2.75) is 45.8 Å². The molecular formula is C15H22O2. The van der Waals surface area contributed by atoms with Crippen LogP contribution < -0.4 is 0 Å². The van der Waals surface area contributed by atoms with Crippen molar-refractivity contribution in [3.8, 4) is 0 Å². The number of hydrogen-bond donors (Lipinski definition) is 2. The molecule has 17 heavy (non-hydrogen) atoms. The van der Waals surface area contributed by atoms with Gasteiger partial charge < -0.3 is 10.2 Å². The zero-order valence-electron chi connectivity index (χ0n) is 11.1. The van der Waals surface area contributed by atoms with Crippen molar-refractivity contribution in [1.29, 1.82) is 0 Å². The minimum atomic E-state index is -0.896. The van der Waals surface area contributed by atoms with E-state index in [-0.39, 0.29) is 5.92 Å². The van der Waals surface area contributed by atoms with Crippen LogP contribution in [0, 0.1) is 11.3 Å². The highest BCUT2D eigenvalue weighted by molar-refractivity contribution is 5.44. The summed E-state index contributed by atoms with van der Waals surface area (Å²) in [5.74, 6) is 0.141. The molecule has 0 unspecified atom stereocenters. The lowest BCUT2D eigenvalue weighted by atomic mass is 9.56. The molecule has 0 saturated heterocycles. The first-order valence-electron chi connectivity index (χ1n) is 6.29. The molecule has 1 aromatic carbocycles. The molecule has 0 spiro atoms. The van der Waals surface area contributed by atoms with Crippen molar-refractivity contribution in [2.24, 2.45) is 11.3 Å². The molecule has 0 aliphatic heterocycles. The molecule has 0 fully saturated rings. The maximum absolute atomic E-state index is 10.8. The van der Waals surface area contributed by atoms with Crippen molar-refractivity contribution in [2.75, 3.05) is 0 Å². The molecule has 2 rings (SSSR count). The highest BCUT2D eigenvalue weighted by Gasteiger charge is 2.55. The smallest absolute Gasteiger partial charge is 0.101 e. The quantitative estimate of drug-likeness (QED) is 0.843. The molecule has 1 aliphatic rings. The van der Waals surface area contributed by atoms with Crippen molar-refractivity contribution in [3.63, 3.8) is 0 Å². The highest BCUT2D eigenvalue weighted by Crippen LogP contribution is 2.53. The van der Waals surface area contributed by atoms with Gasteiger partial charge in [-0.3, -0.25) is 0 Å². The largest absolute Gasteiger partial charge is 0.392 e. The lowest BCUT2D eigenvalue weighted by molar-refractivity contribution is -0.157. The summed E-state index contributed by atoms with van der Waals surface area (Å²) in [4.78, 5) is 0. The lowest BCUT2D eigenvalue weighted by Gasteiger charge is -2.53. The fourth-order valence-electron chi connectivity index (χ4n) is 2.99. The number of benzene rings is 1. The van der Waals surface area contributed by atoms with E-state index in [4.69, 9.17) is 0 Å². The van der Waals surface area contributed by atoms with Gasteiger partial charge in [0.15, 0.2) is 0 Å². The molecule has 0 amide bonds. The first-order chi connectivity index (χ1) is 7.80. The summed E-state index contributed by atoms with van der Waals surface area (Å²) in [5, 5.41) is 21.2. The maximum atomic E-state index is 10.8. The van der Waals surface area contributed by atoms with Gasteiger partial charge in [0.1, 0.15) is 5.60 Å². The van der Waals surface area contributed by atoms with Crippen molar-refractivity contribution < 1.29 is 10.2 Å². The summed E-state index contributed by atoms with van der Waals surface area (Å²) in [6.45, 7) is 7.88. The van der Waals surface area contributed by atoms with Gasteiger partial charge in [0.2, 0.25) is 0 Å². The Morgan fingerprint density at radius 2 is 1.82 bits per heavy atom. The van der Waals surface area contributed by atoms with E-state index in [9.17, 15) is 10.2 Å². The van der Waals surface area contributed by atoms with E-state index in [1.165, 1.54) is 5.56 Å². The Kier molecular flexibility index (Phi) is 2.83. The molecule has 1 aliphatic carbocycles. The van der Waals surface area contributed by atoms with E-state index in [1.54, 1.807) is 0 Å². The Morgan fingerprint density at radius 1 is 1.24 bits per heavy atom. The molecule has 0 saturated carbocycles. The van der Waals surface area contributed by atoms with Crippen LogP contribution >= 0.6 is 0 Å². The third-order valence-electron chi connectivity index (χ3n) is 4.35. The number of aliphatic hydroxyl groups is 2. The lowest BCUT2D eigenvalue weighted by Crippen LogP contribution is -2.56. The van der Waals surface area contributed by atoms with Crippen LogP contribution in [0.15, 0.2) is 24.3 Å². The molecule has 0 aromatic heterocycles. The fraction of sp³-hybridized carbons (Fsp3) is 0.600. The first kappa shape index (κ1) is 12.6. The monoisotopic (exact) mass is 234 g/mol. The average Bonchev–Trinajstić information content (AvgIpc) is 2.26. The summed E-state index contributed by atoms with van der Waals surface area (Å²) in [6.07, 6.45) is 0.126. The van der Waals surface area contributed by atoms with E-state index >= 15 is 0 Å². The van der Waals surface area contributed by atoms with Crippen LogP contribution in [0.25, 0.3) is 0 Å². The second kappa shape index (κ2) is 3.82. The summed E-state index contributed by atoms with van der Waals surface area (Å²) < 4.78 is 0. The minimum Gasteiger partial charge on any atom is -0.392 e. The zero-order valence-corrected chi connectivity index (χ0v) is 11.1. The van der Waals surface area contributed by atoms with Gasteiger partial charge in [0.25, 0.3) is 0 Å². The van der Waals surface area contributed by atoms with Crippen LogP contribution in [0.1, 0.15) is 38.8 Å². The van der Waals surface area contributed by atoms with E-state index in [0.717, 1.165) is 5.56 Å². The van der Waals surface area contributed by atoms with Crippen LogP contribution in [0.4, 0.5) is 0 Å². The number of aliphatic hydroxyl groups excluding tert-OH is 1. The van der Waals surface area contributed by atoms with E-state index in [2.05, 4.69) is 0 Å². The van der Waals surface area contributed by atoms with Crippen molar-refractivity contribution >= 4 is 0 Å². The van der Waals surface area contributed by atoms with Gasteiger partial charge in [-0.2, -0.15) is 0 Å². The predicted octanol–water partition coefficient (Wildman–Crippen LogP) is 2.47. The van der Waals surface area contributed by atoms with E-state index < -0.39 is 17.1 Å². The molecule has 2 nitrogen and oxygen atoms in total. The fourth-order valence-corrected chi connectivity index (χ4v) is 2.99. The molecule has 94 valence electrons. The van der Waals surface area contributed by atoms with E-state index in [0.29, 0.717) is 6.42 Å². The maximum Gasteiger partial charge on any atom is 0.101 e. The predicted molar refractivity (Wildman–Crippen MR) is 68.7 cm³/mol. The van der Waals surface area contributed by atoms with Gasteiger partial charge in [-0.15, -0.1) is 0 Å². The number of rotatable bonds is 3. The first-order valence-corrected chi connectivity index (χ1v) is 6.29. The molecule has 1 aromatic rings. The molecule has 0 radical (unpaired) electrons. The van der Waals surface area contributed by atoms with Gasteiger partial charge >= 0.3 is 0 Å². The van der Waals surface area contributed by atoms with Gasteiger partial charge in [0.05, 0.1) is 6.10 Å². The Hall–Kier alpha value is -0.860. The van der Waals surface area contributed by atoms with Gasteiger partial charge in [-0.25, -0.2) is 0 Å². The van der Waals surface area contributed by atoms with E-state index in [1.807, 2.05) is 52.0 Å². The zero-order chi connectivity index (χ0) is 12.8. The Balaban J connectivity index is 2.37. The summed E-state index contributed by atoms with van der Waals surface area (Å²) in [5.41, 5.74) is 0.742. The average molecular weight is 234 g/mol. The topological polar surface area (TPSA) is 40.5 Å². The summed E-state index contributed by atoms with van der Waals surface area (Å²) in [6, 6.07) is 7.94. The Morgan fingerprint density at radius 3 is 2.35 bits per heavy atom. The second-order valence-electron chi connectivity index (χ2n) is 6.10. The molecular weight excluding hydrogens is 212 g/mol. The summed E-state index contributed by atoms with van der Waals surface area (Å²) >= 11 is 0. The van der Waals surface area contributed by atoms with Gasteiger partial charge in [0, 0.05) is 11.8 Å². The van der Waals surface area contributed by atoms with Crippen LogP contribution in [0.5, 0.6) is 0 Å². The van der Waals surface area contributed by atoms with Crippen LogP contribution in [0.2, 0.25) is 0 Å². The third kappa shape index (κ3) is 1.62. The molecule has 0 heterocycles. The minimum absolute atomic E-state index is 0.141. The van der Waals surface area contributed by atoms with Crippen LogP contribution in [0.3, 0.4) is 0 Å². The van der Waals surface area contributed by atoms with Crippen molar-refractivity contribution in [1.82, 2.24) is 0 Å². The molecule has 2 atom stereocenters. The third-order valence-corrected chi connectivity index (χ3v) is 4.35. The summed E-state index contributed by atoms with van der Waals surface area (Å²) in [7, 11) is 0. The number of hydrogen-bond acceptors (Lipinski definition) is 2. The molecule has 0 bridgehead atoms. The van der Waals surface area contributed by atoms with Gasteiger partial charge in [-0.1, -0.05) is 52.0 Å². The second-order valence-corrected chi connectivity index (χ2v) is 6.10. The highest BCUT2D eigenvalue weighted by atomic mass is 16.3. The van der Waals surface area contributed by atoms with Gasteiger partial charge in [-0.05, 0) is 17.0 Å².